The molecular weight excluding hydrogens is 312 g/mol. The summed E-state index contributed by atoms with van der Waals surface area (Å²) in [6.45, 7) is 1.99. The number of anilines is 1. The van der Waals surface area contributed by atoms with E-state index in [4.69, 9.17) is 0 Å². The molecule has 0 saturated heterocycles. The average molecular weight is 336 g/mol. The van der Waals surface area contributed by atoms with E-state index in [9.17, 15) is 9.59 Å². The number of nitrogens with one attached hydrogen (secondary N) is 2. The van der Waals surface area contributed by atoms with Gasteiger partial charge < -0.3 is 10.6 Å². The predicted octanol–water partition coefficient (Wildman–Crippen LogP) is 3.85. The van der Waals surface area contributed by atoms with Crippen molar-refractivity contribution in [2.24, 2.45) is 0 Å². The summed E-state index contributed by atoms with van der Waals surface area (Å²) in [6, 6.07) is 15.3. The largest absolute Gasteiger partial charge is 0.349 e. The third-order valence-corrected chi connectivity index (χ3v) is 4.75. The number of rotatable bonds is 5. The highest BCUT2D eigenvalue weighted by Crippen LogP contribution is 2.20. The smallest absolute Gasteiger partial charge is 0.253 e. The van der Waals surface area contributed by atoms with Gasteiger partial charge in [0.15, 0.2) is 0 Å². The van der Waals surface area contributed by atoms with Gasteiger partial charge in [-0.05, 0) is 43.0 Å². The summed E-state index contributed by atoms with van der Waals surface area (Å²) >= 11 is 0. The molecule has 0 unspecified atom stereocenters. The van der Waals surface area contributed by atoms with E-state index in [-0.39, 0.29) is 17.9 Å². The van der Waals surface area contributed by atoms with Crippen LogP contribution in [0.2, 0.25) is 0 Å². The summed E-state index contributed by atoms with van der Waals surface area (Å²) in [5.74, 6) is -0.228. The summed E-state index contributed by atoms with van der Waals surface area (Å²) in [6.07, 6.45) is 4.70. The number of carbonyl (C=O) groups excluding carboxylic acids is 2. The zero-order chi connectivity index (χ0) is 17.6. The van der Waals surface area contributed by atoms with Crippen LogP contribution in [-0.2, 0) is 11.2 Å². The van der Waals surface area contributed by atoms with Crippen molar-refractivity contribution in [1.82, 2.24) is 5.32 Å². The van der Waals surface area contributed by atoms with Crippen molar-refractivity contribution in [3.05, 3.63) is 65.2 Å². The van der Waals surface area contributed by atoms with Crippen molar-refractivity contribution in [2.75, 3.05) is 5.32 Å². The number of carbonyl (C=O) groups is 2. The van der Waals surface area contributed by atoms with E-state index < -0.39 is 0 Å². The Balaban J connectivity index is 1.68. The van der Waals surface area contributed by atoms with Gasteiger partial charge in [-0.15, -0.1) is 0 Å². The van der Waals surface area contributed by atoms with Gasteiger partial charge in [0.2, 0.25) is 5.91 Å². The molecule has 0 heterocycles. The molecule has 0 aromatic heterocycles. The van der Waals surface area contributed by atoms with Gasteiger partial charge in [-0.1, -0.05) is 49.2 Å². The van der Waals surface area contributed by atoms with Gasteiger partial charge in [-0.25, -0.2) is 0 Å². The molecule has 25 heavy (non-hydrogen) atoms. The molecule has 3 rings (SSSR count). The van der Waals surface area contributed by atoms with Crippen LogP contribution in [0.3, 0.4) is 0 Å². The first-order valence-corrected chi connectivity index (χ1v) is 8.88. The van der Waals surface area contributed by atoms with Crippen LogP contribution in [0.5, 0.6) is 0 Å². The Kier molecular flexibility index (Phi) is 5.49. The number of aryl methyl sites for hydroxylation is 1. The summed E-state index contributed by atoms with van der Waals surface area (Å²) in [5, 5.41) is 5.97. The molecule has 2 aromatic rings. The number of benzene rings is 2. The molecule has 2 amide bonds. The van der Waals surface area contributed by atoms with E-state index in [1.165, 1.54) is 12.8 Å². The summed E-state index contributed by atoms with van der Waals surface area (Å²) in [7, 11) is 0. The molecule has 0 radical (unpaired) electrons. The topological polar surface area (TPSA) is 58.2 Å². The van der Waals surface area contributed by atoms with Crippen molar-refractivity contribution < 1.29 is 9.59 Å². The van der Waals surface area contributed by atoms with Crippen LogP contribution < -0.4 is 10.6 Å². The first-order valence-electron chi connectivity index (χ1n) is 8.88. The fourth-order valence-corrected chi connectivity index (χ4v) is 3.30. The molecular formula is C21H24N2O2. The Bertz CT molecular complexity index is 764. The minimum absolute atomic E-state index is 0.112. The van der Waals surface area contributed by atoms with E-state index in [0.717, 1.165) is 24.0 Å². The molecule has 130 valence electrons. The van der Waals surface area contributed by atoms with E-state index in [0.29, 0.717) is 17.7 Å². The maximum atomic E-state index is 12.6. The molecule has 0 bridgehead atoms. The predicted molar refractivity (Wildman–Crippen MR) is 99.7 cm³/mol. The van der Waals surface area contributed by atoms with Crippen LogP contribution >= 0.6 is 0 Å². The van der Waals surface area contributed by atoms with Gasteiger partial charge >= 0.3 is 0 Å². The molecule has 2 aromatic carbocycles. The maximum Gasteiger partial charge on any atom is 0.253 e. The second-order valence-corrected chi connectivity index (χ2v) is 6.65. The Morgan fingerprint density at radius 2 is 1.68 bits per heavy atom. The van der Waals surface area contributed by atoms with Gasteiger partial charge in [-0.3, -0.25) is 9.59 Å². The van der Waals surface area contributed by atoms with E-state index in [1.54, 1.807) is 12.1 Å². The average Bonchev–Trinajstić information content (AvgIpc) is 3.10. The molecule has 1 aliphatic carbocycles. The quantitative estimate of drug-likeness (QED) is 0.871. The monoisotopic (exact) mass is 336 g/mol. The lowest BCUT2D eigenvalue weighted by molar-refractivity contribution is -0.115. The van der Waals surface area contributed by atoms with Gasteiger partial charge in [-0.2, -0.15) is 0 Å². The first kappa shape index (κ1) is 17.2. The zero-order valence-corrected chi connectivity index (χ0v) is 14.5. The minimum Gasteiger partial charge on any atom is -0.349 e. The highest BCUT2D eigenvalue weighted by atomic mass is 16.2. The van der Waals surface area contributed by atoms with Crippen molar-refractivity contribution in [1.29, 1.82) is 0 Å². The normalized spacial score (nSPS) is 14.3. The van der Waals surface area contributed by atoms with Crippen LogP contribution in [0.25, 0.3) is 0 Å². The number of para-hydroxylation sites is 1. The Morgan fingerprint density at radius 1 is 1.00 bits per heavy atom. The summed E-state index contributed by atoms with van der Waals surface area (Å²) < 4.78 is 0. The van der Waals surface area contributed by atoms with Crippen LogP contribution in [-0.4, -0.2) is 17.9 Å². The minimum atomic E-state index is -0.115. The van der Waals surface area contributed by atoms with Crippen molar-refractivity contribution in [2.45, 2.75) is 45.1 Å². The lowest BCUT2D eigenvalue weighted by Gasteiger charge is -2.15. The molecule has 4 nitrogen and oxygen atoms in total. The van der Waals surface area contributed by atoms with Crippen LogP contribution in [0.1, 0.15) is 47.2 Å². The second kappa shape index (κ2) is 7.97. The van der Waals surface area contributed by atoms with Crippen molar-refractivity contribution in [3.63, 3.8) is 0 Å². The zero-order valence-electron chi connectivity index (χ0n) is 14.5. The second-order valence-electron chi connectivity index (χ2n) is 6.65. The molecule has 1 fully saturated rings. The molecule has 0 aliphatic heterocycles. The molecule has 4 heteroatoms. The third kappa shape index (κ3) is 4.47. The van der Waals surface area contributed by atoms with Crippen LogP contribution in [0, 0.1) is 6.92 Å². The maximum absolute atomic E-state index is 12.6. The van der Waals surface area contributed by atoms with Crippen LogP contribution in [0.15, 0.2) is 48.5 Å². The van der Waals surface area contributed by atoms with E-state index in [2.05, 4.69) is 10.6 Å². The standard InChI is InChI=1S/C21H24N2O2/c1-15-8-2-3-9-16(15)14-20(24)23-19-13-7-6-12-18(19)21(25)22-17-10-4-5-11-17/h2-3,6-9,12-13,17H,4-5,10-11,14H2,1H3,(H,22,25)(H,23,24). The van der Waals surface area contributed by atoms with Crippen molar-refractivity contribution in [3.8, 4) is 0 Å². The molecule has 1 saturated carbocycles. The van der Waals surface area contributed by atoms with E-state index in [1.807, 2.05) is 43.3 Å². The first-order chi connectivity index (χ1) is 12.1. The van der Waals surface area contributed by atoms with Gasteiger partial charge in [0.05, 0.1) is 17.7 Å². The fourth-order valence-electron chi connectivity index (χ4n) is 3.30. The molecule has 2 N–H and O–H groups in total. The summed E-state index contributed by atoms with van der Waals surface area (Å²) in [4.78, 5) is 25.0. The number of hydrogen-bond acceptors (Lipinski definition) is 2. The van der Waals surface area contributed by atoms with Gasteiger partial charge in [0, 0.05) is 6.04 Å². The van der Waals surface area contributed by atoms with E-state index >= 15 is 0 Å². The van der Waals surface area contributed by atoms with Gasteiger partial charge in [0.25, 0.3) is 5.91 Å². The summed E-state index contributed by atoms with van der Waals surface area (Å²) in [5.41, 5.74) is 3.17. The van der Waals surface area contributed by atoms with Crippen LogP contribution in [0.4, 0.5) is 5.69 Å². The highest BCUT2D eigenvalue weighted by molar-refractivity contribution is 6.04. The third-order valence-electron chi connectivity index (χ3n) is 4.75. The lowest BCUT2D eigenvalue weighted by Crippen LogP contribution is -2.33. The number of hydrogen-bond donors (Lipinski definition) is 2. The molecule has 0 atom stereocenters. The Labute approximate surface area is 148 Å². The van der Waals surface area contributed by atoms with Crippen molar-refractivity contribution >= 4 is 17.5 Å². The SMILES string of the molecule is Cc1ccccc1CC(=O)Nc1ccccc1C(=O)NC1CCCC1. The van der Waals surface area contributed by atoms with Gasteiger partial charge in [0.1, 0.15) is 0 Å². The molecule has 0 spiro atoms. The Morgan fingerprint density at radius 3 is 2.44 bits per heavy atom. The highest BCUT2D eigenvalue weighted by Gasteiger charge is 2.20. The molecule has 1 aliphatic rings. The Hall–Kier alpha value is -2.62. The lowest BCUT2D eigenvalue weighted by atomic mass is 10.1. The fraction of sp³-hybridized carbons (Fsp3) is 0.333. The number of amides is 2.